The summed E-state index contributed by atoms with van der Waals surface area (Å²) in [6.07, 6.45) is -1.93. The number of alkyl halides is 3. The van der Waals surface area contributed by atoms with Gasteiger partial charge in [-0.1, -0.05) is 0 Å². The second-order valence-electron chi connectivity index (χ2n) is 4.56. The molecule has 0 spiro atoms. The summed E-state index contributed by atoms with van der Waals surface area (Å²) in [6, 6.07) is 6.58. The van der Waals surface area contributed by atoms with E-state index in [1.165, 1.54) is 35.3 Å². The van der Waals surface area contributed by atoms with Crippen LogP contribution in [0.1, 0.15) is 10.4 Å². The van der Waals surface area contributed by atoms with Gasteiger partial charge >= 0.3 is 6.36 Å². The fourth-order valence-electron chi connectivity index (χ4n) is 2.12. The first kappa shape index (κ1) is 14.8. The lowest BCUT2D eigenvalue weighted by Gasteiger charge is -2.09. The molecule has 0 unspecified atom stereocenters. The van der Waals surface area contributed by atoms with Gasteiger partial charge in [0.1, 0.15) is 5.75 Å². The monoisotopic (exact) mass is 322 g/mol. The van der Waals surface area contributed by atoms with Crippen LogP contribution in [0.2, 0.25) is 0 Å². The zero-order valence-electron chi connectivity index (χ0n) is 11.4. The van der Waals surface area contributed by atoms with Crippen molar-refractivity contribution in [3.8, 4) is 11.4 Å². The molecule has 0 bridgehead atoms. The van der Waals surface area contributed by atoms with Crippen molar-refractivity contribution in [2.45, 2.75) is 6.36 Å². The van der Waals surface area contributed by atoms with Gasteiger partial charge in [-0.3, -0.25) is 4.79 Å². The number of fused-ring (bicyclic) bond motifs is 1. The van der Waals surface area contributed by atoms with Crippen LogP contribution in [0.15, 0.2) is 42.7 Å². The van der Waals surface area contributed by atoms with Crippen LogP contribution in [-0.2, 0) is 0 Å². The van der Waals surface area contributed by atoms with Crippen molar-refractivity contribution in [1.82, 2.24) is 14.8 Å². The third-order valence-electron chi connectivity index (χ3n) is 3.05. The van der Waals surface area contributed by atoms with Crippen molar-refractivity contribution >= 4 is 16.9 Å². The molecule has 1 aromatic carbocycles. The molecule has 1 amide bonds. The highest BCUT2D eigenvalue weighted by Gasteiger charge is 2.31. The van der Waals surface area contributed by atoms with Gasteiger partial charge in [0.15, 0.2) is 5.65 Å². The molecule has 3 rings (SSSR count). The van der Waals surface area contributed by atoms with Gasteiger partial charge in [0.2, 0.25) is 5.91 Å². The number of amides is 1. The number of hydrogen-bond acceptors (Lipinski definition) is 4. The number of halogens is 3. The Bertz CT molecular complexity index is 872. The van der Waals surface area contributed by atoms with E-state index in [-0.39, 0.29) is 11.3 Å². The average Bonchev–Trinajstić information content (AvgIpc) is 2.90. The minimum Gasteiger partial charge on any atom is -0.406 e. The van der Waals surface area contributed by atoms with Crippen molar-refractivity contribution in [2.75, 3.05) is 0 Å². The van der Waals surface area contributed by atoms with E-state index >= 15 is 0 Å². The smallest absolute Gasteiger partial charge is 0.406 e. The summed E-state index contributed by atoms with van der Waals surface area (Å²) in [6.45, 7) is 0. The molecule has 0 fully saturated rings. The topological polar surface area (TPSA) is 83.0 Å². The first-order valence-corrected chi connectivity index (χ1v) is 6.34. The molecular formula is C14H9F3N4O2. The minimum absolute atomic E-state index is 0.262. The van der Waals surface area contributed by atoms with E-state index in [2.05, 4.69) is 14.8 Å². The molecular weight excluding hydrogens is 313 g/mol. The highest BCUT2D eigenvalue weighted by molar-refractivity contribution is 6.04. The molecule has 9 heteroatoms. The second kappa shape index (κ2) is 5.27. The zero-order valence-corrected chi connectivity index (χ0v) is 11.4. The highest BCUT2D eigenvalue weighted by Crippen LogP contribution is 2.25. The van der Waals surface area contributed by atoms with E-state index in [4.69, 9.17) is 5.73 Å². The second-order valence-corrected chi connectivity index (χ2v) is 4.56. The predicted octanol–water partition coefficient (Wildman–Crippen LogP) is 2.42. The van der Waals surface area contributed by atoms with Crippen LogP contribution in [0.5, 0.6) is 5.75 Å². The first-order valence-electron chi connectivity index (χ1n) is 6.34. The maximum Gasteiger partial charge on any atom is 0.573 e. The van der Waals surface area contributed by atoms with Crippen molar-refractivity contribution in [3.63, 3.8) is 0 Å². The first-order chi connectivity index (χ1) is 10.8. The quantitative estimate of drug-likeness (QED) is 0.803. The van der Waals surface area contributed by atoms with Gasteiger partial charge < -0.3 is 10.5 Å². The van der Waals surface area contributed by atoms with Crippen LogP contribution < -0.4 is 10.5 Å². The van der Waals surface area contributed by atoms with Crippen molar-refractivity contribution in [2.24, 2.45) is 5.73 Å². The van der Waals surface area contributed by atoms with Crippen LogP contribution in [0.4, 0.5) is 13.2 Å². The summed E-state index contributed by atoms with van der Waals surface area (Å²) < 4.78 is 41.6. The summed E-state index contributed by atoms with van der Waals surface area (Å²) in [5.41, 5.74) is 6.37. The Hall–Kier alpha value is -3.10. The van der Waals surface area contributed by atoms with Crippen LogP contribution in [-0.4, -0.2) is 27.0 Å². The number of nitrogens with two attached hydrogens (primary N) is 1. The number of ether oxygens (including phenoxy) is 1. The molecule has 0 radical (unpaired) electrons. The van der Waals surface area contributed by atoms with E-state index in [9.17, 15) is 18.0 Å². The van der Waals surface area contributed by atoms with E-state index in [0.717, 1.165) is 12.1 Å². The molecule has 2 N–H and O–H groups in total. The fourth-order valence-corrected chi connectivity index (χ4v) is 2.12. The number of nitrogens with zero attached hydrogens (tertiary/aromatic N) is 3. The number of hydrogen-bond donors (Lipinski definition) is 1. The number of aromatic nitrogens is 3. The lowest BCUT2D eigenvalue weighted by Crippen LogP contribution is -2.17. The van der Waals surface area contributed by atoms with Crippen molar-refractivity contribution < 1.29 is 22.7 Å². The number of carbonyl (C=O) groups excluding carboxylic acids is 1. The Labute approximate surface area is 127 Å². The molecule has 0 aliphatic heterocycles. The van der Waals surface area contributed by atoms with Crippen LogP contribution in [0.25, 0.3) is 16.7 Å². The lowest BCUT2D eigenvalue weighted by molar-refractivity contribution is -0.274. The van der Waals surface area contributed by atoms with Gasteiger partial charge in [0.25, 0.3) is 0 Å². The largest absolute Gasteiger partial charge is 0.573 e. The molecule has 118 valence electrons. The molecule has 0 aliphatic rings. The summed E-state index contributed by atoms with van der Waals surface area (Å²) >= 11 is 0. The van der Waals surface area contributed by atoms with Gasteiger partial charge in [0.05, 0.1) is 22.8 Å². The SMILES string of the molecule is NC(=O)c1ccnc2c1cnn2-c1ccc(OC(F)(F)F)cc1. The third-order valence-corrected chi connectivity index (χ3v) is 3.05. The number of benzene rings is 1. The van der Waals surface area contributed by atoms with E-state index in [1.54, 1.807) is 0 Å². The maximum absolute atomic E-state index is 12.2. The molecule has 0 atom stereocenters. The van der Waals surface area contributed by atoms with Gasteiger partial charge in [-0.2, -0.15) is 5.10 Å². The number of carbonyl (C=O) groups is 1. The van der Waals surface area contributed by atoms with Gasteiger partial charge in [-0.25, -0.2) is 9.67 Å². The summed E-state index contributed by atoms with van der Waals surface area (Å²) in [5, 5.41) is 4.55. The Balaban J connectivity index is 2.01. The summed E-state index contributed by atoms with van der Waals surface area (Å²) in [4.78, 5) is 15.5. The molecule has 2 aromatic heterocycles. The molecule has 6 nitrogen and oxygen atoms in total. The highest BCUT2D eigenvalue weighted by atomic mass is 19.4. The Morgan fingerprint density at radius 2 is 1.87 bits per heavy atom. The third kappa shape index (κ3) is 2.93. The normalized spacial score (nSPS) is 11.6. The minimum atomic E-state index is -4.75. The molecule has 23 heavy (non-hydrogen) atoms. The molecule has 0 saturated carbocycles. The maximum atomic E-state index is 12.2. The standard InChI is InChI=1S/C14H9F3N4O2/c15-14(16,17)23-9-3-1-8(2-4-9)21-13-11(7-20-21)10(12(18)22)5-6-19-13/h1-7H,(H2,18,22). The van der Waals surface area contributed by atoms with Crippen LogP contribution in [0, 0.1) is 0 Å². The van der Waals surface area contributed by atoms with Crippen LogP contribution in [0.3, 0.4) is 0 Å². The van der Waals surface area contributed by atoms with E-state index in [1.807, 2.05) is 0 Å². The zero-order chi connectivity index (χ0) is 16.6. The van der Waals surface area contributed by atoms with Crippen molar-refractivity contribution in [1.29, 1.82) is 0 Å². The van der Waals surface area contributed by atoms with E-state index in [0.29, 0.717) is 16.7 Å². The summed E-state index contributed by atoms with van der Waals surface area (Å²) in [5.74, 6) is -0.964. The number of primary amides is 1. The molecule has 0 saturated heterocycles. The van der Waals surface area contributed by atoms with E-state index < -0.39 is 12.3 Å². The number of pyridine rings is 1. The van der Waals surface area contributed by atoms with Gasteiger partial charge in [0, 0.05) is 6.20 Å². The van der Waals surface area contributed by atoms with Gasteiger partial charge in [-0.05, 0) is 30.3 Å². The molecule has 2 heterocycles. The number of rotatable bonds is 3. The lowest BCUT2D eigenvalue weighted by atomic mass is 10.2. The Morgan fingerprint density at radius 1 is 1.17 bits per heavy atom. The Morgan fingerprint density at radius 3 is 2.48 bits per heavy atom. The fraction of sp³-hybridized carbons (Fsp3) is 0.0714. The summed E-state index contributed by atoms with van der Waals surface area (Å²) in [7, 11) is 0. The Kier molecular flexibility index (Phi) is 3.40. The molecule has 3 aromatic rings. The van der Waals surface area contributed by atoms with Crippen molar-refractivity contribution in [3.05, 3.63) is 48.3 Å². The predicted molar refractivity (Wildman–Crippen MR) is 74.1 cm³/mol. The average molecular weight is 322 g/mol. The van der Waals surface area contributed by atoms with Gasteiger partial charge in [-0.15, -0.1) is 13.2 Å². The molecule has 0 aliphatic carbocycles. The van der Waals surface area contributed by atoms with Crippen LogP contribution >= 0.6 is 0 Å².